The van der Waals surface area contributed by atoms with E-state index in [1.165, 1.54) is 28.8 Å². The minimum Gasteiger partial charge on any atom is -0.342 e. The molecule has 0 bridgehead atoms. The van der Waals surface area contributed by atoms with Crippen LogP contribution < -0.4 is 4.90 Å². The molecule has 4 aliphatic rings. The molecule has 0 aromatic heterocycles. The van der Waals surface area contributed by atoms with Gasteiger partial charge in [0.1, 0.15) is 0 Å². The first-order valence-electron chi connectivity index (χ1n) is 10.1. The third-order valence-electron chi connectivity index (χ3n) is 6.66. The number of hydrogen-bond donors (Lipinski definition) is 0. The lowest BCUT2D eigenvalue weighted by Crippen LogP contribution is -2.50. The molecule has 0 unspecified atom stereocenters. The summed E-state index contributed by atoms with van der Waals surface area (Å²) in [5.74, 6) is 0.582. The number of anilines is 1. The topological polar surface area (TPSA) is 6.48 Å². The number of nitrogens with zero attached hydrogens (tertiary/aromatic N) is 2. The minimum atomic E-state index is 0.524. The molecule has 6 rings (SSSR count). The number of fused-ring (bicyclic) bond motifs is 2. The predicted octanol–water partition coefficient (Wildman–Crippen LogP) is 4.70. The van der Waals surface area contributed by atoms with E-state index < -0.39 is 0 Å². The summed E-state index contributed by atoms with van der Waals surface area (Å²) in [6.45, 7) is 3.26. The van der Waals surface area contributed by atoms with Gasteiger partial charge in [0.15, 0.2) is 0 Å². The number of allylic oxidation sites excluding steroid dienone is 5. The smallest absolute Gasteiger partial charge is 0.0516 e. The van der Waals surface area contributed by atoms with Gasteiger partial charge < -0.3 is 4.90 Å². The minimum absolute atomic E-state index is 0.524. The maximum Gasteiger partial charge on any atom is 0.0516 e. The Balaban J connectivity index is 1.45. The van der Waals surface area contributed by atoms with E-state index in [2.05, 4.69) is 82.6 Å². The van der Waals surface area contributed by atoms with Gasteiger partial charge in [0.05, 0.1) is 6.04 Å². The van der Waals surface area contributed by atoms with Crippen molar-refractivity contribution >= 4 is 5.69 Å². The van der Waals surface area contributed by atoms with Crippen LogP contribution in [0, 0.1) is 5.92 Å². The lowest BCUT2D eigenvalue weighted by molar-refractivity contribution is 0.190. The van der Waals surface area contributed by atoms with Crippen molar-refractivity contribution in [1.29, 1.82) is 0 Å². The third-order valence-corrected chi connectivity index (χ3v) is 6.66. The van der Waals surface area contributed by atoms with Crippen LogP contribution >= 0.6 is 0 Å². The molecule has 2 aliphatic carbocycles. The highest BCUT2D eigenvalue weighted by Gasteiger charge is 2.44. The zero-order chi connectivity index (χ0) is 17.8. The Morgan fingerprint density at radius 2 is 1.78 bits per heavy atom. The fraction of sp³-hybridized carbons (Fsp3) is 0.280. The summed E-state index contributed by atoms with van der Waals surface area (Å²) < 4.78 is 0. The number of hydrogen-bond acceptors (Lipinski definition) is 2. The fourth-order valence-electron chi connectivity index (χ4n) is 5.50. The van der Waals surface area contributed by atoms with E-state index >= 15 is 0 Å². The van der Waals surface area contributed by atoms with Crippen molar-refractivity contribution in [2.24, 2.45) is 5.92 Å². The van der Waals surface area contributed by atoms with Gasteiger partial charge in [-0.05, 0) is 41.2 Å². The standard InChI is InChI=1S/C25H24N2/c1-2-7-18(8-3-1)17-26-13-14-27-22-12-5-4-9-19(22)15-20-10-6-11-21-16-23(26)25(27)24(20)21/h1-12,21,23H,13-17H2/t21-,23-/m1/s1. The van der Waals surface area contributed by atoms with Crippen LogP contribution in [0.1, 0.15) is 17.5 Å². The van der Waals surface area contributed by atoms with Crippen LogP contribution in [-0.2, 0) is 13.0 Å². The summed E-state index contributed by atoms with van der Waals surface area (Å²) in [5.41, 5.74) is 9.07. The number of para-hydroxylation sites is 1. The molecule has 134 valence electrons. The molecule has 0 radical (unpaired) electrons. The van der Waals surface area contributed by atoms with Crippen LogP contribution in [0.2, 0.25) is 0 Å². The van der Waals surface area contributed by atoms with Crippen molar-refractivity contribution in [2.75, 3.05) is 18.0 Å². The second kappa shape index (κ2) is 5.97. The summed E-state index contributed by atoms with van der Waals surface area (Å²) in [6, 6.07) is 20.5. The van der Waals surface area contributed by atoms with Gasteiger partial charge in [-0.1, -0.05) is 66.8 Å². The van der Waals surface area contributed by atoms with Crippen molar-refractivity contribution < 1.29 is 0 Å². The van der Waals surface area contributed by atoms with Crippen molar-refractivity contribution in [3.05, 3.63) is 101 Å². The van der Waals surface area contributed by atoms with Gasteiger partial charge in [-0.15, -0.1) is 0 Å². The van der Waals surface area contributed by atoms with E-state index in [9.17, 15) is 0 Å². The van der Waals surface area contributed by atoms with Crippen molar-refractivity contribution in [3.63, 3.8) is 0 Å². The molecule has 0 saturated carbocycles. The summed E-state index contributed by atoms with van der Waals surface area (Å²) in [5, 5.41) is 0. The largest absolute Gasteiger partial charge is 0.342 e. The predicted molar refractivity (Wildman–Crippen MR) is 110 cm³/mol. The molecule has 27 heavy (non-hydrogen) atoms. The molecule has 0 N–H and O–H groups in total. The second-order valence-corrected chi connectivity index (χ2v) is 8.15. The molecule has 2 nitrogen and oxygen atoms in total. The van der Waals surface area contributed by atoms with Gasteiger partial charge in [0.25, 0.3) is 0 Å². The van der Waals surface area contributed by atoms with Crippen molar-refractivity contribution in [2.45, 2.75) is 25.4 Å². The van der Waals surface area contributed by atoms with Crippen LogP contribution in [0.15, 0.2) is 89.7 Å². The van der Waals surface area contributed by atoms with Gasteiger partial charge in [-0.3, -0.25) is 4.90 Å². The number of piperazine rings is 1. The van der Waals surface area contributed by atoms with Crippen LogP contribution in [0.4, 0.5) is 5.69 Å². The van der Waals surface area contributed by atoms with Crippen LogP contribution in [0.3, 0.4) is 0 Å². The first-order chi connectivity index (χ1) is 13.4. The third kappa shape index (κ3) is 2.36. The van der Waals surface area contributed by atoms with Gasteiger partial charge >= 0.3 is 0 Å². The average molecular weight is 352 g/mol. The highest BCUT2D eigenvalue weighted by molar-refractivity contribution is 5.68. The highest BCUT2D eigenvalue weighted by atomic mass is 15.3. The first-order valence-corrected chi connectivity index (χ1v) is 10.1. The quantitative estimate of drug-likeness (QED) is 0.773. The van der Waals surface area contributed by atoms with Crippen LogP contribution in [-0.4, -0.2) is 24.0 Å². The van der Waals surface area contributed by atoms with Crippen molar-refractivity contribution in [3.8, 4) is 0 Å². The average Bonchev–Trinajstić information content (AvgIpc) is 3.04. The molecule has 2 heteroatoms. The van der Waals surface area contributed by atoms with Crippen molar-refractivity contribution in [1.82, 2.24) is 4.90 Å². The molecular weight excluding hydrogens is 328 g/mol. The van der Waals surface area contributed by atoms with E-state index in [4.69, 9.17) is 0 Å². The monoisotopic (exact) mass is 352 g/mol. The van der Waals surface area contributed by atoms with E-state index in [0.29, 0.717) is 12.0 Å². The fourth-order valence-corrected chi connectivity index (χ4v) is 5.50. The first kappa shape index (κ1) is 15.5. The number of benzene rings is 2. The van der Waals surface area contributed by atoms with Crippen LogP contribution in [0.25, 0.3) is 0 Å². The lowest BCUT2D eigenvalue weighted by Gasteiger charge is -2.43. The normalized spacial score (nSPS) is 25.8. The van der Waals surface area contributed by atoms with E-state index in [0.717, 1.165) is 26.1 Å². The Morgan fingerprint density at radius 3 is 2.70 bits per heavy atom. The Labute approximate surface area is 161 Å². The lowest BCUT2D eigenvalue weighted by atomic mass is 9.87. The Kier molecular flexibility index (Phi) is 3.42. The molecule has 1 saturated heterocycles. The van der Waals surface area contributed by atoms with E-state index in [1.54, 1.807) is 11.3 Å². The molecule has 2 aromatic rings. The maximum absolute atomic E-state index is 2.71. The van der Waals surface area contributed by atoms with E-state index in [1.807, 2.05) is 0 Å². The Bertz CT molecular complexity index is 982. The molecule has 2 atom stereocenters. The summed E-state index contributed by atoms with van der Waals surface area (Å²) in [6.07, 6.45) is 9.37. The molecular formula is C25H24N2. The summed E-state index contributed by atoms with van der Waals surface area (Å²) in [4.78, 5) is 5.36. The molecule has 0 amide bonds. The highest BCUT2D eigenvalue weighted by Crippen LogP contribution is 2.49. The zero-order valence-electron chi connectivity index (χ0n) is 15.5. The molecule has 2 aliphatic heterocycles. The summed E-state index contributed by atoms with van der Waals surface area (Å²) in [7, 11) is 0. The van der Waals surface area contributed by atoms with Gasteiger partial charge in [-0.25, -0.2) is 0 Å². The van der Waals surface area contributed by atoms with Gasteiger partial charge in [-0.2, -0.15) is 0 Å². The molecule has 2 heterocycles. The SMILES string of the molecule is C1=C[C@@H]2C[C@@H]3C4=C2C(=C1)Cc1ccccc1N4CCN3Cc1ccccc1. The van der Waals surface area contributed by atoms with Gasteiger partial charge in [0.2, 0.25) is 0 Å². The van der Waals surface area contributed by atoms with Crippen LogP contribution in [0.5, 0.6) is 0 Å². The summed E-state index contributed by atoms with van der Waals surface area (Å²) >= 11 is 0. The van der Waals surface area contributed by atoms with Gasteiger partial charge in [0, 0.05) is 36.9 Å². The molecule has 2 aromatic carbocycles. The second-order valence-electron chi connectivity index (χ2n) is 8.15. The molecule has 1 fully saturated rings. The molecule has 0 spiro atoms. The Hall–Kier alpha value is -2.58. The maximum atomic E-state index is 2.71. The Morgan fingerprint density at radius 1 is 0.926 bits per heavy atom. The number of rotatable bonds is 2. The van der Waals surface area contributed by atoms with E-state index in [-0.39, 0.29) is 0 Å². The zero-order valence-corrected chi connectivity index (χ0v) is 15.5.